The van der Waals surface area contributed by atoms with Crippen LogP contribution >= 0.6 is 35.3 Å². The summed E-state index contributed by atoms with van der Waals surface area (Å²) in [7, 11) is 3.80. The first-order valence-corrected chi connectivity index (χ1v) is 8.45. The third-order valence-corrected chi connectivity index (χ3v) is 4.73. The second-order valence-corrected chi connectivity index (χ2v) is 6.31. The Morgan fingerprint density at radius 1 is 1.26 bits per heavy atom. The lowest BCUT2D eigenvalue weighted by Gasteiger charge is -2.11. The molecule has 5 nitrogen and oxygen atoms in total. The molecular weight excluding hydrogens is 421 g/mol. The van der Waals surface area contributed by atoms with Gasteiger partial charge in [0.1, 0.15) is 0 Å². The Bertz CT molecular complexity index is 619. The number of thiophene rings is 1. The van der Waals surface area contributed by atoms with Crippen LogP contribution in [-0.2, 0) is 19.9 Å². The van der Waals surface area contributed by atoms with Crippen molar-refractivity contribution in [3.8, 4) is 0 Å². The van der Waals surface area contributed by atoms with E-state index in [-0.39, 0.29) is 24.0 Å². The summed E-state index contributed by atoms with van der Waals surface area (Å²) in [5, 5.41) is 13.3. The molecule has 0 aliphatic carbocycles. The van der Waals surface area contributed by atoms with Crippen molar-refractivity contribution in [2.75, 3.05) is 20.1 Å². The molecule has 0 fully saturated rings. The first-order valence-electron chi connectivity index (χ1n) is 7.57. The number of aryl methyl sites for hydroxylation is 2. The van der Waals surface area contributed by atoms with Crippen LogP contribution in [0.5, 0.6) is 0 Å². The summed E-state index contributed by atoms with van der Waals surface area (Å²) in [5.41, 5.74) is 3.67. The second kappa shape index (κ2) is 9.92. The van der Waals surface area contributed by atoms with E-state index in [0.717, 1.165) is 37.6 Å². The van der Waals surface area contributed by atoms with E-state index in [1.54, 1.807) is 18.4 Å². The summed E-state index contributed by atoms with van der Waals surface area (Å²) in [5.74, 6) is 0.857. The molecule has 2 N–H and O–H groups in total. The number of nitrogens with zero attached hydrogens (tertiary/aromatic N) is 3. The summed E-state index contributed by atoms with van der Waals surface area (Å²) in [4.78, 5) is 5.66. The van der Waals surface area contributed by atoms with Gasteiger partial charge in [-0.05, 0) is 43.7 Å². The maximum Gasteiger partial charge on any atom is 0.190 e. The molecule has 0 amide bonds. The van der Waals surface area contributed by atoms with Crippen LogP contribution < -0.4 is 10.6 Å². The van der Waals surface area contributed by atoms with Crippen LogP contribution in [0.2, 0.25) is 0 Å². The van der Waals surface area contributed by atoms with Gasteiger partial charge in [-0.3, -0.25) is 9.67 Å². The van der Waals surface area contributed by atoms with Crippen molar-refractivity contribution in [3.63, 3.8) is 0 Å². The molecule has 0 saturated heterocycles. The van der Waals surface area contributed by atoms with Gasteiger partial charge in [-0.1, -0.05) is 6.07 Å². The predicted molar refractivity (Wildman–Crippen MR) is 109 cm³/mol. The molecular formula is C16H26IN5S. The van der Waals surface area contributed by atoms with E-state index in [1.165, 1.54) is 16.1 Å². The van der Waals surface area contributed by atoms with Crippen LogP contribution in [0.1, 0.15) is 21.8 Å². The summed E-state index contributed by atoms with van der Waals surface area (Å²) in [6.07, 6.45) is 1.98. The second-order valence-electron chi connectivity index (χ2n) is 5.28. The zero-order valence-electron chi connectivity index (χ0n) is 14.2. The lowest BCUT2D eigenvalue weighted by Crippen LogP contribution is -2.39. The van der Waals surface area contributed by atoms with Crippen molar-refractivity contribution in [1.29, 1.82) is 0 Å². The molecule has 0 aliphatic rings. The fourth-order valence-corrected chi connectivity index (χ4v) is 3.17. The Hall–Kier alpha value is -1.09. The maximum atomic E-state index is 4.45. The van der Waals surface area contributed by atoms with Gasteiger partial charge >= 0.3 is 0 Å². The standard InChI is InChI=1S/C16H25N5S.HI/c1-12-15(13(2)21(4)20-12)8-10-19-16(17-3)18-9-7-14-6-5-11-22-14;/h5-6,11H,7-10H2,1-4H3,(H2,17,18,19);1H. The number of aliphatic imine (C=N–C) groups is 1. The summed E-state index contributed by atoms with van der Waals surface area (Å²) in [6, 6.07) is 4.25. The maximum absolute atomic E-state index is 4.45. The van der Waals surface area contributed by atoms with Crippen molar-refractivity contribution >= 4 is 41.3 Å². The molecule has 2 rings (SSSR count). The number of rotatable bonds is 6. The molecule has 0 aliphatic heterocycles. The molecule has 128 valence electrons. The van der Waals surface area contributed by atoms with Gasteiger partial charge in [-0.25, -0.2) is 0 Å². The first kappa shape index (κ1) is 20.0. The van der Waals surface area contributed by atoms with E-state index in [4.69, 9.17) is 0 Å². The van der Waals surface area contributed by atoms with Crippen LogP contribution in [0.15, 0.2) is 22.5 Å². The number of hydrogen-bond donors (Lipinski definition) is 2. The zero-order chi connectivity index (χ0) is 15.9. The number of guanidine groups is 1. The molecule has 0 atom stereocenters. The minimum Gasteiger partial charge on any atom is -0.356 e. The van der Waals surface area contributed by atoms with Crippen LogP contribution in [0.25, 0.3) is 0 Å². The van der Waals surface area contributed by atoms with Gasteiger partial charge in [-0.15, -0.1) is 35.3 Å². The highest BCUT2D eigenvalue weighted by Gasteiger charge is 2.08. The topological polar surface area (TPSA) is 54.2 Å². The summed E-state index contributed by atoms with van der Waals surface area (Å²) >= 11 is 1.79. The van der Waals surface area contributed by atoms with Crippen LogP contribution in [0.4, 0.5) is 0 Å². The fourth-order valence-electron chi connectivity index (χ4n) is 2.46. The monoisotopic (exact) mass is 447 g/mol. The first-order chi connectivity index (χ1) is 10.6. The molecule has 2 aromatic rings. The molecule has 2 aromatic heterocycles. The smallest absolute Gasteiger partial charge is 0.190 e. The predicted octanol–water partition coefficient (Wildman–Crippen LogP) is 2.67. The zero-order valence-corrected chi connectivity index (χ0v) is 17.4. The fraction of sp³-hybridized carbons (Fsp3) is 0.500. The van der Waals surface area contributed by atoms with Gasteiger partial charge in [0.05, 0.1) is 5.69 Å². The lowest BCUT2D eigenvalue weighted by molar-refractivity contribution is 0.728. The SMILES string of the molecule is CN=C(NCCc1cccs1)NCCc1c(C)nn(C)c1C.I. The van der Waals surface area contributed by atoms with Crippen LogP contribution in [0.3, 0.4) is 0 Å². The largest absolute Gasteiger partial charge is 0.356 e. The minimum atomic E-state index is 0. The number of hydrogen-bond acceptors (Lipinski definition) is 3. The lowest BCUT2D eigenvalue weighted by atomic mass is 10.1. The Labute approximate surface area is 159 Å². The molecule has 0 radical (unpaired) electrons. The van der Waals surface area contributed by atoms with E-state index in [0.29, 0.717) is 0 Å². The van der Waals surface area contributed by atoms with Gasteiger partial charge in [0, 0.05) is 37.8 Å². The Morgan fingerprint density at radius 2 is 1.96 bits per heavy atom. The van der Waals surface area contributed by atoms with Crippen molar-refractivity contribution in [2.24, 2.45) is 12.0 Å². The van der Waals surface area contributed by atoms with Crippen LogP contribution in [0, 0.1) is 13.8 Å². The molecule has 0 unspecified atom stereocenters. The third-order valence-electron chi connectivity index (χ3n) is 3.79. The third kappa shape index (κ3) is 5.80. The number of nitrogens with one attached hydrogen (secondary N) is 2. The van der Waals surface area contributed by atoms with E-state index in [1.807, 2.05) is 11.7 Å². The van der Waals surface area contributed by atoms with E-state index in [2.05, 4.69) is 52.1 Å². The summed E-state index contributed by atoms with van der Waals surface area (Å²) < 4.78 is 1.94. The molecule has 0 spiro atoms. The molecule has 0 saturated carbocycles. The normalized spacial score (nSPS) is 11.2. The van der Waals surface area contributed by atoms with Crippen molar-refractivity contribution < 1.29 is 0 Å². The van der Waals surface area contributed by atoms with Gasteiger partial charge < -0.3 is 10.6 Å². The van der Waals surface area contributed by atoms with Gasteiger partial charge in [0.25, 0.3) is 0 Å². The van der Waals surface area contributed by atoms with Gasteiger partial charge in [0.2, 0.25) is 0 Å². The number of halogens is 1. The van der Waals surface area contributed by atoms with Gasteiger partial charge in [-0.2, -0.15) is 5.10 Å². The highest BCUT2D eigenvalue weighted by Crippen LogP contribution is 2.11. The Morgan fingerprint density at radius 3 is 2.48 bits per heavy atom. The van der Waals surface area contributed by atoms with Crippen LogP contribution in [-0.4, -0.2) is 35.9 Å². The Balaban J connectivity index is 0.00000264. The van der Waals surface area contributed by atoms with Gasteiger partial charge in [0.15, 0.2) is 5.96 Å². The van der Waals surface area contributed by atoms with E-state index >= 15 is 0 Å². The molecule has 2 heterocycles. The molecule has 23 heavy (non-hydrogen) atoms. The quantitative estimate of drug-likeness (QED) is 0.407. The average molecular weight is 447 g/mol. The summed E-state index contributed by atoms with van der Waals surface area (Å²) in [6.45, 7) is 5.93. The highest BCUT2D eigenvalue weighted by atomic mass is 127. The van der Waals surface area contributed by atoms with E-state index < -0.39 is 0 Å². The molecule has 7 heteroatoms. The van der Waals surface area contributed by atoms with Crippen molar-refractivity contribution in [1.82, 2.24) is 20.4 Å². The molecule has 0 aromatic carbocycles. The Kier molecular flexibility index (Phi) is 8.60. The highest BCUT2D eigenvalue weighted by molar-refractivity contribution is 14.0. The molecule has 0 bridgehead atoms. The average Bonchev–Trinajstić information content (AvgIpc) is 3.09. The number of aromatic nitrogens is 2. The minimum absolute atomic E-state index is 0. The van der Waals surface area contributed by atoms with E-state index in [9.17, 15) is 0 Å². The van der Waals surface area contributed by atoms with Crippen molar-refractivity contribution in [2.45, 2.75) is 26.7 Å². The van der Waals surface area contributed by atoms with Crippen molar-refractivity contribution in [3.05, 3.63) is 39.3 Å².